The maximum atomic E-state index is 12.8. The minimum Gasteiger partial charge on any atom is -0.346 e. The molecule has 1 amide bonds. The SMILES string of the molecule is Cc1ccccc1[C@H](C)NC(=O)c1cccc(N(C)S(=O)(=O)c2ccccc2)c1. The fraction of sp³-hybridized carbons (Fsp3) is 0.174. The molecule has 0 unspecified atom stereocenters. The molecule has 0 aromatic heterocycles. The van der Waals surface area contributed by atoms with E-state index in [0.717, 1.165) is 11.1 Å². The van der Waals surface area contributed by atoms with Crippen molar-refractivity contribution in [2.75, 3.05) is 11.4 Å². The standard InChI is InChI=1S/C23H24N2O3S/c1-17-10-7-8-15-22(17)18(2)24-23(26)19-11-9-12-20(16-19)25(3)29(27,28)21-13-5-4-6-14-21/h4-16,18H,1-3H3,(H,24,26)/t18-/m0/s1. The molecule has 0 aliphatic rings. The quantitative estimate of drug-likeness (QED) is 0.661. The summed E-state index contributed by atoms with van der Waals surface area (Å²) in [5.74, 6) is -0.256. The number of nitrogens with one attached hydrogen (secondary N) is 1. The van der Waals surface area contributed by atoms with Crippen molar-refractivity contribution in [3.05, 3.63) is 95.6 Å². The smallest absolute Gasteiger partial charge is 0.264 e. The van der Waals surface area contributed by atoms with Crippen LogP contribution in [0.4, 0.5) is 5.69 Å². The Labute approximate surface area is 172 Å². The molecule has 0 radical (unpaired) electrons. The van der Waals surface area contributed by atoms with Crippen molar-refractivity contribution in [2.24, 2.45) is 0 Å². The van der Waals surface area contributed by atoms with Crippen LogP contribution in [0, 0.1) is 6.92 Å². The van der Waals surface area contributed by atoms with Crippen molar-refractivity contribution < 1.29 is 13.2 Å². The van der Waals surface area contributed by atoms with Crippen molar-refractivity contribution in [1.82, 2.24) is 5.32 Å². The predicted octanol–water partition coefficient (Wildman–Crippen LogP) is 4.31. The van der Waals surface area contributed by atoms with Crippen LogP contribution in [0.3, 0.4) is 0 Å². The number of carbonyl (C=O) groups is 1. The Morgan fingerprint density at radius 1 is 0.931 bits per heavy atom. The third-order valence-electron chi connectivity index (χ3n) is 4.88. The molecule has 1 N–H and O–H groups in total. The van der Waals surface area contributed by atoms with Gasteiger partial charge >= 0.3 is 0 Å². The summed E-state index contributed by atoms with van der Waals surface area (Å²) >= 11 is 0. The van der Waals surface area contributed by atoms with Crippen LogP contribution in [-0.4, -0.2) is 21.4 Å². The van der Waals surface area contributed by atoms with Gasteiger partial charge in [0, 0.05) is 12.6 Å². The Bertz CT molecular complexity index is 1110. The number of benzene rings is 3. The van der Waals surface area contributed by atoms with Gasteiger partial charge in [-0.1, -0.05) is 48.5 Å². The van der Waals surface area contributed by atoms with Gasteiger partial charge in [-0.2, -0.15) is 0 Å². The van der Waals surface area contributed by atoms with Crippen LogP contribution in [0.15, 0.2) is 83.8 Å². The molecule has 0 saturated carbocycles. The van der Waals surface area contributed by atoms with E-state index in [9.17, 15) is 13.2 Å². The van der Waals surface area contributed by atoms with Gasteiger partial charge in [-0.3, -0.25) is 9.10 Å². The number of rotatable bonds is 6. The second-order valence-electron chi connectivity index (χ2n) is 6.89. The Kier molecular flexibility index (Phi) is 6.03. The van der Waals surface area contributed by atoms with Gasteiger partial charge in [-0.25, -0.2) is 8.42 Å². The number of anilines is 1. The lowest BCUT2D eigenvalue weighted by Crippen LogP contribution is -2.29. The van der Waals surface area contributed by atoms with Gasteiger partial charge in [0.2, 0.25) is 0 Å². The van der Waals surface area contributed by atoms with Crippen molar-refractivity contribution in [3.63, 3.8) is 0 Å². The predicted molar refractivity (Wildman–Crippen MR) is 116 cm³/mol. The summed E-state index contributed by atoms with van der Waals surface area (Å²) < 4.78 is 26.9. The van der Waals surface area contributed by atoms with Gasteiger partial charge in [0.1, 0.15) is 0 Å². The molecule has 3 aromatic rings. The summed E-state index contributed by atoms with van der Waals surface area (Å²) in [7, 11) is -2.22. The molecule has 0 saturated heterocycles. The summed E-state index contributed by atoms with van der Waals surface area (Å²) in [6, 6.07) is 22.5. The summed E-state index contributed by atoms with van der Waals surface area (Å²) in [5.41, 5.74) is 2.96. The van der Waals surface area contributed by atoms with E-state index in [1.54, 1.807) is 54.6 Å². The Morgan fingerprint density at radius 2 is 1.59 bits per heavy atom. The van der Waals surface area contributed by atoms with Gasteiger partial charge in [-0.15, -0.1) is 0 Å². The third kappa shape index (κ3) is 4.49. The highest BCUT2D eigenvalue weighted by Gasteiger charge is 2.22. The molecule has 1 atom stereocenters. The molecule has 3 rings (SSSR count). The normalized spacial score (nSPS) is 12.2. The van der Waals surface area contributed by atoms with Crippen LogP contribution >= 0.6 is 0 Å². The van der Waals surface area contributed by atoms with E-state index >= 15 is 0 Å². The van der Waals surface area contributed by atoms with Gasteiger partial charge < -0.3 is 5.32 Å². The lowest BCUT2D eigenvalue weighted by atomic mass is 10.0. The summed E-state index contributed by atoms with van der Waals surface area (Å²) in [6.45, 7) is 3.93. The number of carbonyl (C=O) groups excluding carboxylic acids is 1. The third-order valence-corrected chi connectivity index (χ3v) is 6.68. The minimum absolute atomic E-state index is 0.168. The van der Waals surface area contributed by atoms with Gasteiger partial charge in [0.05, 0.1) is 16.6 Å². The average Bonchev–Trinajstić information content (AvgIpc) is 2.74. The monoisotopic (exact) mass is 408 g/mol. The van der Waals surface area contributed by atoms with E-state index in [4.69, 9.17) is 0 Å². The molecular weight excluding hydrogens is 384 g/mol. The fourth-order valence-electron chi connectivity index (χ4n) is 3.16. The molecule has 0 spiro atoms. The van der Waals surface area contributed by atoms with E-state index < -0.39 is 10.0 Å². The van der Waals surface area contributed by atoms with Crippen molar-refractivity contribution >= 4 is 21.6 Å². The molecule has 0 aliphatic heterocycles. The van der Waals surface area contributed by atoms with Crippen molar-refractivity contribution in [2.45, 2.75) is 24.8 Å². The number of sulfonamides is 1. The topological polar surface area (TPSA) is 66.5 Å². The van der Waals surface area contributed by atoms with Crippen LogP contribution in [0.5, 0.6) is 0 Å². The molecule has 0 bridgehead atoms. The zero-order valence-corrected chi connectivity index (χ0v) is 17.5. The Hall–Kier alpha value is -3.12. The van der Waals surface area contributed by atoms with Crippen LogP contribution < -0.4 is 9.62 Å². The van der Waals surface area contributed by atoms with E-state index in [1.165, 1.54) is 11.4 Å². The van der Waals surface area contributed by atoms with Crippen LogP contribution in [0.1, 0.15) is 34.5 Å². The largest absolute Gasteiger partial charge is 0.346 e. The Balaban J connectivity index is 1.82. The molecule has 0 aliphatic carbocycles. The summed E-state index contributed by atoms with van der Waals surface area (Å²) in [4.78, 5) is 13.0. The molecule has 29 heavy (non-hydrogen) atoms. The maximum absolute atomic E-state index is 12.8. The first kappa shape index (κ1) is 20.6. The highest BCUT2D eigenvalue weighted by atomic mass is 32.2. The second-order valence-corrected chi connectivity index (χ2v) is 8.86. The molecule has 150 valence electrons. The fourth-order valence-corrected chi connectivity index (χ4v) is 4.37. The zero-order valence-electron chi connectivity index (χ0n) is 16.7. The molecular formula is C23H24N2O3S. The first-order valence-corrected chi connectivity index (χ1v) is 10.7. The highest BCUT2D eigenvalue weighted by Crippen LogP contribution is 2.23. The zero-order chi connectivity index (χ0) is 21.0. The average molecular weight is 409 g/mol. The van der Waals surface area contributed by atoms with E-state index in [-0.39, 0.29) is 16.8 Å². The molecule has 0 heterocycles. The minimum atomic E-state index is -3.70. The highest BCUT2D eigenvalue weighted by molar-refractivity contribution is 7.92. The van der Waals surface area contributed by atoms with Crippen LogP contribution in [0.2, 0.25) is 0 Å². The molecule has 3 aromatic carbocycles. The van der Waals surface area contributed by atoms with E-state index in [2.05, 4.69) is 5.32 Å². The number of hydrogen-bond acceptors (Lipinski definition) is 3. The van der Waals surface area contributed by atoms with Gasteiger partial charge in [-0.05, 0) is 55.3 Å². The molecule has 5 nitrogen and oxygen atoms in total. The van der Waals surface area contributed by atoms with Crippen molar-refractivity contribution in [3.8, 4) is 0 Å². The lowest BCUT2D eigenvalue weighted by Gasteiger charge is -2.21. The number of nitrogens with zero attached hydrogens (tertiary/aromatic N) is 1. The first-order valence-electron chi connectivity index (χ1n) is 9.31. The van der Waals surface area contributed by atoms with E-state index in [1.807, 2.05) is 38.1 Å². The number of aryl methyl sites for hydroxylation is 1. The Morgan fingerprint density at radius 3 is 2.28 bits per heavy atom. The van der Waals surface area contributed by atoms with Crippen LogP contribution in [-0.2, 0) is 10.0 Å². The molecule has 0 fully saturated rings. The second kappa shape index (κ2) is 8.49. The number of hydrogen-bond donors (Lipinski definition) is 1. The lowest BCUT2D eigenvalue weighted by molar-refractivity contribution is 0.0940. The van der Waals surface area contributed by atoms with E-state index in [0.29, 0.717) is 11.3 Å². The first-order chi connectivity index (χ1) is 13.8. The van der Waals surface area contributed by atoms with Gasteiger partial charge in [0.15, 0.2) is 0 Å². The number of amides is 1. The van der Waals surface area contributed by atoms with Gasteiger partial charge in [0.25, 0.3) is 15.9 Å². The maximum Gasteiger partial charge on any atom is 0.264 e. The van der Waals surface area contributed by atoms with Crippen LogP contribution in [0.25, 0.3) is 0 Å². The summed E-state index contributed by atoms with van der Waals surface area (Å²) in [6.07, 6.45) is 0. The van der Waals surface area contributed by atoms with Crippen molar-refractivity contribution in [1.29, 1.82) is 0 Å². The molecule has 6 heteroatoms. The summed E-state index contributed by atoms with van der Waals surface area (Å²) in [5, 5.41) is 2.98.